The maximum Gasteiger partial charge on any atom is 0.322 e. The summed E-state index contributed by atoms with van der Waals surface area (Å²) in [5.74, 6) is -1.18. The first-order valence-corrected chi connectivity index (χ1v) is 1.77. The van der Waals surface area contributed by atoms with Crippen LogP contribution in [0.25, 0.3) is 0 Å². The van der Waals surface area contributed by atoms with Gasteiger partial charge in [-0.05, 0) is 0 Å². The van der Waals surface area contributed by atoms with Crippen LogP contribution in [0.4, 0.5) is 0 Å². The third-order valence-electron chi connectivity index (χ3n) is 0.514. The Morgan fingerprint density at radius 2 is 2.12 bits per heavy atom. The fourth-order valence-electron chi connectivity index (χ4n) is 0.0781. The van der Waals surface area contributed by atoms with Crippen molar-refractivity contribution in [3.63, 3.8) is 0 Å². The minimum Gasteiger partial charge on any atom is -0.480 e. The molecule has 0 aromatic carbocycles. The zero-order valence-corrected chi connectivity index (χ0v) is 7.34. The van der Waals surface area contributed by atoms with Crippen molar-refractivity contribution in [3.8, 4) is 0 Å². The van der Waals surface area contributed by atoms with E-state index < -0.39 is 18.6 Å². The summed E-state index contributed by atoms with van der Waals surface area (Å²) in [5.41, 5.74) is 4.77. The van der Waals surface area contributed by atoms with E-state index in [-0.39, 0.29) is 19.5 Å². The molecule has 0 rings (SSSR count). The number of aliphatic hydroxyl groups excluding tert-OH is 1. The van der Waals surface area contributed by atoms with Crippen LogP contribution in [-0.2, 0) is 24.3 Å². The van der Waals surface area contributed by atoms with Crippen LogP contribution < -0.4 is 5.73 Å². The number of carboxylic acid groups (broad SMARTS) is 1. The summed E-state index contributed by atoms with van der Waals surface area (Å²) in [7, 11) is 0. The molecular weight excluding hydrogens is 163 g/mol. The summed E-state index contributed by atoms with van der Waals surface area (Å²) in [5, 5.41) is 15.9. The first kappa shape index (κ1) is 10.9. The van der Waals surface area contributed by atoms with E-state index in [0.29, 0.717) is 0 Å². The van der Waals surface area contributed by atoms with Gasteiger partial charge in [0.05, 0.1) is 6.61 Å². The maximum absolute atomic E-state index is 9.65. The molecular formula is C3H7NO3Zn. The Kier molecular flexibility index (Phi) is 7.03. The first-order valence-electron chi connectivity index (χ1n) is 1.77. The summed E-state index contributed by atoms with van der Waals surface area (Å²) in [6, 6.07) is -1.13. The van der Waals surface area contributed by atoms with Crippen LogP contribution in [0.3, 0.4) is 0 Å². The molecule has 0 unspecified atom stereocenters. The van der Waals surface area contributed by atoms with Crippen molar-refractivity contribution >= 4 is 5.97 Å². The van der Waals surface area contributed by atoms with Crippen LogP contribution in [0.2, 0.25) is 0 Å². The van der Waals surface area contributed by atoms with E-state index in [0.717, 1.165) is 0 Å². The van der Waals surface area contributed by atoms with Crippen LogP contribution in [0, 0.1) is 0 Å². The van der Waals surface area contributed by atoms with Crippen LogP contribution in [-0.4, -0.2) is 28.8 Å². The fraction of sp³-hybridized carbons (Fsp3) is 0.667. The minimum absolute atomic E-state index is 0. The third kappa shape index (κ3) is 4.18. The molecule has 5 heteroatoms. The normalized spacial score (nSPS) is 11.8. The summed E-state index contributed by atoms with van der Waals surface area (Å²) in [4.78, 5) is 9.65. The minimum atomic E-state index is -1.18. The van der Waals surface area contributed by atoms with Gasteiger partial charge in [-0.25, -0.2) is 0 Å². The average Bonchev–Trinajstić information content (AvgIpc) is 1.65. The van der Waals surface area contributed by atoms with Crippen LogP contribution in [0.5, 0.6) is 0 Å². The summed E-state index contributed by atoms with van der Waals surface area (Å²) in [6.45, 7) is -0.505. The van der Waals surface area contributed by atoms with Crippen molar-refractivity contribution in [1.82, 2.24) is 0 Å². The Morgan fingerprint density at radius 3 is 2.12 bits per heavy atom. The molecule has 0 radical (unpaired) electrons. The molecule has 0 aliphatic rings. The van der Waals surface area contributed by atoms with Gasteiger partial charge in [0.1, 0.15) is 6.04 Å². The second-order valence-corrected chi connectivity index (χ2v) is 1.13. The smallest absolute Gasteiger partial charge is 0.322 e. The summed E-state index contributed by atoms with van der Waals surface area (Å²) >= 11 is 0. The Labute approximate surface area is 59.4 Å². The van der Waals surface area contributed by atoms with E-state index in [1.165, 1.54) is 0 Å². The van der Waals surface area contributed by atoms with Crippen molar-refractivity contribution in [2.75, 3.05) is 6.61 Å². The number of hydrogen-bond donors (Lipinski definition) is 3. The van der Waals surface area contributed by atoms with Crippen molar-refractivity contribution in [3.05, 3.63) is 0 Å². The number of hydrogen-bond acceptors (Lipinski definition) is 3. The van der Waals surface area contributed by atoms with Crippen LogP contribution in [0.15, 0.2) is 0 Å². The van der Waals surface area contributed by atoms with Crippen LogP contribution >= 0.6 is 0 Å². The summed E-state index contributed by atoms with van der Waals surface area (Å²) < 4.78 is 0. The van der Waals surface area contributed by atoms with Crippen molar-refractivity contribution in [2.24, 2.45) is 5.73 Å². The molecule has 4 N–H and O–H groups in total. The number of carbonyl (C=O) groups is 1. The molecule has 0 fully saturated rings. The fourth-order valence-corrected chi connectivity index (χ4v) is 0.0781. The van der Waals surface area contributed by atoms with Gasteiger partial charge in [-0.1, -0.05) is 0 Å². The third-order valence-corrected chi connectivity index (χ3v) is 0.514. The molecule has 0 aliphatic heterocycles. The number of nitrogens with two attached hydrogens (primary N) is 1. The molecule has 0 saturated carbocycles. The Hall–Kier alpha value is 0.0134. The van der Waals surface area contributed by atoms with E-state index in [1.54, 1.807) is 0 Å². The average molecular weight is 170 g/mol. The quantitative estimate of drug-likeness (QED) is 0.436. The number of carboxylic acids is 1. The number of aliphatic hydroxyl groups is 1. The van der Waals surface area contributed by atoms with Gasteiger partial charge in [-0.2, -0.15) is 0 Å². The Bertz CT molecular complexity index is 76.9. The van der Waals surface area contributed by atoms with Gasteiger partial charge >= 0.3 is 5.97 Å². The molecule has 0 aliphatic carbocycles. The van der Waals surface area contributed by atoms with Gasteiger partial charge in [-0.3, -0.25) is 4.79 Å². The largest absolute Gasteiger partial charge is 0.480 e. The number of aliphatic carboxylic acids is 1. The SMILES string of the molecule is N[C@@H](CO)C(=O)O.[Zn]. The molecule has 44 valence electrons. The van der Waals surface area contributed by atoms with E-state index in [2.05, 4.69) is 0 Å². The second kappa shape index (κ2) is 5.16. The molecule has 4 nitrogen and oxygen atoms in total. The summed E-state index contributed by atoms with van der Waals surface area (Å²) in [6.07, 6.45) is 0. The molecule has 0 aromatic rings. The predicted molar refractivity (Wildman–Crippen MR) is 22.7 cm³/mol. The molecule has 0 saturated heterocycles. The molecule has 0 spiro atoms. The van der Waals surface area contributed by atoms with Crippen LogP contribution in [0.1, 0.15) is 0 Å². The molecule has 0 bridgehead atoms. The number of rotatable bonds is 2. The van der Waals surface area contributed by atoms with E-state index in [4.69, 9.17) is 15.9 Å². The van der Waals surface area contributed by atoms with E-state index in [1.807, 2.05) is 0 Å². The molecule has 0 heterocycles. The predicted octanol–water partition coefficient (Wildman–Crippen LogP) is -1.61. The van der Waals surface area contributed by atoms with Gasteiger partial charge in [0.2, 0.25) is 0 Å². The van der Waals surface area contributed by atoms with Crippen molar-refractivity contribution in [1.29, 1.82) is 0 Å². The van der Waals surface area contributed by atoms with E-state index in [9.17, 15) is 4.79 Å². The zero-order valence-electron chi connectivity index (χ0n) is 4.37. The zero-order chi connectivity index (χ0) is 5.86. The van der Waals surface area contributed by atoms with Gasteiger partial charge < -0.3 is 15.9 Å². The topological polar surface area (TPSA) is 83.5 Å². The molecule has 0 aromatic heterocycles. The molecule has 0 amide bonds. The standard InChI is InChI=1S/C3H7NO3.Zn/c4-2(1-5)3(6)7;/h2,5H,1,4H2,(H,6,7);/t2-;/m0./s1. The van der Waals surface area contributed by atoms with E-state index >= 15 is 0 Å². The van der Waals surface area contributed by atoms with Crippen molar-refractivity contribution in [2.45, 2.75) is 6.04 Å². The Balaban J connectivity index is 0. The Morgan fingerprint density at radius 1 is 1.75 bits per heavy atom. The second-order valence-electron chi connectivity index (χ2n) is 1.13. The van der Waals surface area contributed by atoms with Gasteiger partial charge in [0.15, 0.2) is 0 Å². The van der Waals surface area contributed by atoms with Crippen molar-refractivity contribution < 1.29 is 34.5 Å². The van der Waals surface area contributed by atoms with Gasteiger partial charge in [0.25, 0.3) is 0 Å². The molecule has 8 heavy (non-hydrogen) atoms. The molecule has 1 atom stereocenters. The monoisotopic (exact) mass is 169 g/mol. The first-order chi connectivity index (χ1) is 3.18. The maximum atomic E-state index is 9.65. The van der Waals surface area contributed by atoms with Gasteiger partial charge in [0, 0.05) is 19.5 Å². The van der Waals surface area contributed by atoms with Gasteiger partial charge in [-0.15, -0.1) is 0 Å².